The number of halogens is 3. The molecule has 0 N–H and O–H groups in total. The molecular weight excluding hydrogens is 330 g/mol. The molecule has 0 fully saturated rings. The minimum absolute atomic E-state index is 0.00587. The van der Waals surface area contributed by atoms with E-state index in [9.17, 15) is 13.6 Å². The van der Waals surface area contributed by atoms with E-state index in [0.717, 1.165) is 0 Å². The molecule has 0 amide bonds. The molecule has 1 unspecified atom stereocenters. The van der Waals surface area contributed by atoms with Crippen LogP contribution < -0.4 is 4.74 Å². The average Bonchev–Trinajstić information content (AvgIpc) is 2.46. The number of carbonyl (C=O) groups is 1. The van der Waals surface area contributed by atoms with Crippen LogP contribution in [0.5, 0.6) is 5.75 Å². The number of alkyl halides is 3. The van der Waals surface area contributed by atoms with Crippen LogP contribution in [0.1, 0.15) is 20.7 Å². The van der Waals surface area contributed by atoms with Gasteiger partial charge in [-0.25, -0.2) is 0 Å². The lowest BCUT2D eigenvalue weighted by atomic mass is 10.0. The molecule has 0 aliphatic carbocycles. The number of ketones is 1. The predicted molar refractivity (Wildman–Crippen MR) is 75.5 cm³/mol. The molecular formula is C15H11BrF2O2. The van der Waals surface area contributed by atoms with Crippen LogP contribution in [-0.2, 0) is 0 Å². The number of hydrogen-bond donors (Lipinski definition) is 0. The van der Waals surface area contributed by atoms with Crippen LogP contribution in [0.15, 0.2) is 54.6 Å². The summed E-state index contributed by atoms with van der Waals surface area (Å²) in [4.78, 5) is 11.6. The third kappa shape index (κ3) is 3.42. The number of Topliss-reactive ketones (excluding diaryl/α,β-unsaturated/α-hetero) is 1. The SMILES string of the molecule is O=C(c1ccccc1)C(Br)c1ccccc1OC(F)F. The predicted octanol–water partition coefficient (Wildman–Crippen LogP) is 4.61. The van der Waals surface area contributed by atoms with Gasteiger partial charge >= 0.3 is 6.61 Å². The van der Waals surface area contributed by atoms with Crippen molar-refractivity contribution in [3.05, 3.63) is 65.7 Å². The maximum absolute atomic E-state index is 12.4. The molecule has 0 aliphatic rings. The minimum atomic E-state index is -2.93. The van der Waals surface area contributed by atoms with Gasteiger partial charge in [-0.3, -0.25) is 4.79 Å². The van der Waals surface area contributed by atoms with Crippen molar-refractivity contribution in [3.63, 3.8) is 0 Å². The number of rotatable bonds is 5. The third-order valence-electron chi connectivity index (χ3n) is 2.70. The van der Waals surface area contributed by atoms with E-state index in [4.69, 9.17) is 0 Å². The molecule has 0 bridgehead atoms. The maximum atomic E-state index is 12.4. The number of para-hydroxylation sites is 1. The summed E-state index contributed by atoms with van der Waals surface area (Å²) in [6.45, 7) is -2.93. The van der Waals surface area contributed by atoms with Crippen LogP contribution in [0.4, 0.5) is 8.78 Å². The Balaban J connectivity index is 2.29. The fourth-order valence-electron chi connectivity index (χ4n) is 1.78. The van der Waals surface area contributed by atoms with E-state index in [1.807, 2.05) is 0 Å². The summed E-state index contributed by atoms with van der Waals surface area (Å²) in [6.07, 6.45) is 0. The zero-order valence-corrected chi connectivity index (χ0v) is 11.9. The highest BCUT2D eigenvalue weighted by atomic mass is 79.9. The van der Waals surface area contributed by atoms with Gasteiger partial charge in [0.2, 0.25) is 0 Å². The van der Waals surface area contributed by atoms with Crippen molar-refractivity contribution >= 4 is 21.7 Å². The Morgan fingerprint density at radius 3 is 2.25 bits per heavy atom. The number of hydrogen-bond acceptors (Lipinski definition) is 2. The van der Waals surface area contributed by atoms with Crippen LogP contribution in [0.25, 0.3) is 0 Å². The van der Waals surface area contributed by atoms with Crippen LogP contribution in [0.2, 0.25) is 0 Å². The summed E-state index contributed by atoms with van der Waals surface area (Å²) < 4.78 is 29.2. The van der Waals surface area contributed by atoms with Crippen molar-refractivity contribution in [1.82, 2.24) is 0 Å². The van der Waals surface area contributed by atoms with Gasteiger partial charge in [-0.15, -0.1) is 0 Å². The molecule has 0 aromatic heterocycles. The van der Waals surface area contributed by atoms with Crippen molar-refractivity contribution in [2.24, 2.45) is 0 Å². The van der Waals surface area contributed by atoms with Gasteiger partial charge in [0.1, 0.15) is 10.6 Å². The molecule has 0 saturated heterocycles. The zero-order chi connectivity index (χ0) is 14.5. The van der Waals surface area contributed by atoms with Crippen LogP contribution in [0.3, 0.4) is 0 Å². The van der Waals surface area contributed by atoms with E-state index in [-0.39, 0.29) is 11.5 Å². The van der Waals surface area contributed by atoms with Gasteiger partial charge < -0.3 is 4.74 Å². The van der Waals surface area contributed by atoms with Crippen molar-refractivity contribution in [2.75, 3.05) is 0 Å². The lowest BCUT2D eigenvalue weighted by Crippen LogP contribution is -2.10. The molecule has 0 radical (unpaired) electrons. The first-order valence-corrected chi connectivity index (χ1v) is 6.78. The van der Waals surface area contributed by atoms with Gasteiger partial charge in [0.05, 0.1) is 0 Å². The fourth-order valence-corrected chi connectivity index (χ4v) is 2.43. The highest BCUT2D eigenvalue weighted by Gasteiger charge is 2.23. The molecule has 0 spiro atoms. The lowest BCUT2D eigenvalue weighted by molar-refractivity contribution is -0.0504. The molecule has 0 aliphatic heterocycles. The smallest absolute Gasteiger partial charge is 0.387 e. The standard InChI is InChI=1S/C15H11BrF2O2/c16-13(14(19)10-6-2-1-3-7-10)11-8-4-5-9-12(11)20-15(17)18/h1-9,13,15H. The molecule has 2 aromatic carbocycles. The Kier molecular flexibility index (Phi) is 4.84. The minimum Gasteiger partial charge on any atom is -0.434 e. The van der Waals surface area contributed by atoms with E-state index in [1.54, 1.807) is 48.5 Å². The summed E-state index contributed by atoms with van der Waals surface area (Å²) >= 11 is 3.25. The van der Waals surface area contributed by atoms with Crippen molar-refractivity contribution in [2.45, 2.75) is 11.4 Å². The summed E-state index contributed by atoms with van der Waals surface area (Å²) in [5.74, 6) is -0.218. The van der Waals surface area contributed by atoms with E-state index in [2.05, 4.69) is 20.7 Å². The molecule has 1 atom stereocenters. The first-order valence-electron chi connectivity index (χ1n) is 5.86. The highest BCUT2D eigenvalue weighted by molar-refractivity contribution is 9.09. The number of carbonyl (C=O) groups excluding carboxylic acids is 1. The number of ether oxygens (including phenoxy) is 1. The van der Waals surface area contributed by atoms with Crippen molar-refractivity contribution in [3.8, 4) is 5.75 Å². The van der Waals surface area contributed by atoms with E-state index >= 15 is 0 Å². The van der Waals surface area contributed by atoms with Crippen LogP contribution >= 0.6 is 15.9 Å². The van der Waals surface area contributed by atoms with Crippen LogP contribution in [-0.4, -0.2) is 12.4 Å². The highest BCUT2D eigenvalue weighted by Crippen LogP contribution is 2.34. The monoisotopic (exact) mass is 340 g/mol. The van der Waals surface area contributed by atoms with Gasteiger partial charge in [0, 0.05) is 11.1 Å². The maximum Gasteiger partial charge on any atom is 0.387 e. The zero-order valence-electron chi connectivity index (χ0n) is 10.3. The molecule has 0 heterocycles. The molecule has 0 saturated carbocycles. The average molecular weight is 341 g/mol. The fraction of sp³-hybridized carbons (Fsp3) is 0.133. The molecule has 104 valence electrons. The Labute approximate surface area is 123 Å². The first kappa shape index (κ1) is 14.7. The molecule has 20 heavy (non-hydrogen) atoms. The van der Waals surface area contributed by atoms with Crippen molar-refractivity contribution in [1.29, 1.82) is 0 Å². The largest absolute Gasteiger partial charge is 0.434 e. The number of benzene rings is 2. The van der Waals surface area contributed by atoms with Gasteiger partial charge in [-0.1, -0.05) is 64.5 Å². The van der Waals surface area contributed by atoms with Crippen molar-refractivity contribution < 1.29 is 18.3 Å². The molecule has 2 nitrogen and oxygen atoms in total. The third-order valence-corrected chi connectivity index (χ3v) is 3.61. The molecule has 5 heteroatoms. The quantitative estimate of drug-likeness (QED) is 0.587. The molecule has 2 aromatic rings. The van der Waals surface area contributed by atoms with E-state index in [1.165, 1.54) is 6.07 Å². The Hall–Kier alpha value is -1.75. The summed E-state index contributed by atoms with van der Waals surface area (Å²) in [5.41, 5.74) is 0.878. The second-order valence-corrected chi connectivity index (χ2v) is 4.92. The summed E-state index contributed by atoms with van der Waals surface area (Å²) in [5, 5.41) is 0. The molecule has 2 rings (SSSR count). The van der Waals surface area contributed by atoms with Gasteiger partial charge in [-0.05, 0) is 6.07 Å². The van der Waals surface area contributed by atoms with E-state index < -0.39 is 11.4 Å². The Morgan fingerprint density at radius 2 is 1.60 bits per heavy atom. The first-order chi connectivity index (χ1) is 9.59. The topological polar surface area (TPSA) is 26.3 Å². The Bertz CT molecular complexity index is 587. The van der Waals surface area contributed by atoms with Gasteiger partial charge in [-0.2, -0.15) is 8.78 Å². The normalized spacial score (nSPS) is 12.2. The summed E-state index contributed by atoms with van der Waals surface area (Å²) in [7, 11) is 0. The van der Waals surface area contributed by atoms with Crippen LogP contribution in [0, 0.1) is 0 Å². The van der Waals surface area contributed by atoms with Gasteiger partial charge in [0.25, 0.3) is 0 Å². The van der Waals surface area contributed by atoms with Gasteiger partial charge in [0.15, 0.2) is 5.78 Å². The Morgan fingerprint density at radius 1 is 1.00 bits per heavy atom. The lowest BCUT2D eigenvalue weighted by Gasteiger charge is -2.14. The summed E-state index contributed by atoms with van der Waals surface area (Å²) in [6, 6.07) is 14.9. The van der Waals surface area contributed by atoms with E-state index in [0.29, 0.717) is 11.1 Å². The second-order valence-electron chi connectivity index (χ2n) is 4.01. The second kappa shape index (κ2) is 6.61.